The third kappa shape index (κ3) is 3.03. The second kappa shape index (κ2) is 5.10. The zero-order chi connectivity index (χ0) is 10.7. The van der Waals surface area contributed by atoms with E-state index in [0.717, 1.165) is 32.8 Å². The van der Waals surface area contributed by atoms with Crippen molar-refractivity contribution in [1.82, 2.24) is 4.90 Å². The molecule has 2 rings (SSSR count). The van der Waals surface area contributed by atoms with Crippen LogP contribution >= 0.6 is 15.9 Å². The number of hydrogen-bond donors (Lipinski definition) is 0. The first kappa shape index (κ1) is 11.1. The average molecular weight is 270 g/mol. The van der Waals surface area contributed by atoms with Crippen molar-refractivity contribution in [2.24, 2.45) is 0 Å². The first-order valence-electron chi connectivity index (χ1n) is 5.31. The van der Waals surface area contributed by atoms with E-state index in [2.05, 4.69) is 46.0 Å². The fraction of sp³-hybridized carbons (Fsp3) is 0.500. The van der Waals surface area contributed by atoms with Gasteiger partial charge in [-0.2, -0.15) is 0 Å². The lowest BCUT2D eigenvalue weighted by atomic mass is 10.1. The summed E-state index contributed by atoms with van der Waals surface area (Å²) in [4.78, 5) is 2.43. The van der Waals surface area contributed by atoms with Crippen molar-refractivity contribution >= 4 is 15.9 Å². The van der Waals surface area contributed by atoms with Crippen molar-refractivity contribution in [2.45, 2.75) is 13.5 Å². The van der Waals surface area contributed by atoms with Gasteiger partial charge >= 0.3 is 0 Å². The molecule has 3 heteroatoms. The minimum absolute atomic E-state index is 0.865. The van der Waals surface area contributed by atoms with E-state index in [-0.39, 0.29) is 0 Å². The molecule has 1 aliphatic heterocycles. The second-order valence-electron chi connectivity index (χ2n) is 3.98. The van der Waals surface area contributed by atoms with Crippen LogP contribution in [0.4, 0.5) is 0 Å². The number of nitrogens with zero attached hydrogens (tertiary/aromatic N) is 1. The van der Waals surface area contributed by atoms with Crippen molar-refractivity contribution in [3.63, 3.8) is 0 Å². The highest BCUT2D eigenvalue weighted by Crippen LogP contribution is 2.20. The van der Waals surface area contributed by atoms with E-state index in [1.165, 1.54) is 15.6 Å². The SMILES string of the molecule is Cc1ccc(Br)c(CN2CCOCC2)c1. The Hall–Kier alpha value is -0.380. The molecule has 1 heterocycles. The Morgan fingerprint density at radius 2 is 2.07 bits per heavy atom. The molecular weight excluding hydrogens is 254 g/mol. The number of halogens is 1. The third-order valence-corrected chi connectivity index (χ3v) is 3.47. The van der Waals surface area contributed by atoms with E-state index in [1.807, 2.05) is 0 Å². The predicted octanol–water partition coefficient (Wildman–Crippen LogP) is 2.59. The minimum atomic E-state index is 0.865. The molecule has 15 heavy (non-hydrogen) atoms. The van der Waals surface area contributed by atoms with Crippen LogP contribution in [0.2, 0.25) is 0 Å². The van der Waals surface area contributed by atoms with Gasteiger partial charge in [-0.15, -0.1) is 0 Å². The van der Waals surface area contributed by atoms with Crippen molar-refractivity contribution in [2.75, 3.05) is 26.3 Å². The lowest BCUT2D eigenvalue weighted by Crippen LogP contribution is -2.35. The van der Waals surface area contributed by atoms with E-state index in [9.17, 15) is 0 Å². The Bertz CT molecular complexity index is 334. The van der Waals surface area contributed by atoms with Crippen LogP contribution in [0.5, 0.6) is 0 Å². The van der Waals surface area contributed by atoms with Gasteiger partial charge in [0.25, 0.3) is 0 Å². The number of benzene rings is 1. The summed E-state index contributed by atoms with van der Waals surface area (Å²) < 4.78 is 6.55. The maximum Gasteiger partial charge on any atom is 0.0594 e. The highest BCUT2D eigenvalue weighted by Gasteiger charge is 2.11. The Labute approximate surface area is 99.4 Å². The minimum Gasteiger partial charge on any atom is -0.379 e. The lowest BCUT2D eigenvalue weighted by molar-refractivity contribution is 0.0341. The van der Waals surface area contributed by atoms with Crippen LogP contribution in [-0.2, 0) is 11.3 Å². The summed E-state index contributed by atoms with van der Waals surface area (Å²) in [6.07, 6.45) is 0. The van der Waals surface area contributed by atoms with Gasteiger partial charge in [-0.1, -0.05) is 33.6 Å². The molecule has 1 saturated heterocycles. The molecule has 0 aliphatic carbocycles. The smallest absolute Gasteiger partial charge is 0.0594 e. The summed E-state index contributed by atoms with van der Waals surface area (Å²) in [5, 5.41) is 0. The Balaban J connectivity index is 2.05. The van der Waals surface area contributed by atoms with Crippen LogP contribution in [0.3, 0.4) is 0 Å². The van der Waals surface area contributed by atoms with Crippen LogP contribution in [0, 0.1) is 6.92 Å². The molecule has 0 bridgehead atoms. The van der Waals surface area contributed by atoms with Gasteiger partial charge in [0.15, 0.2) is 0 Å². The molecule has 0 unspecified atom stereocenters. The summed E-state index contributed by atoms with van der Waals surface area (Å²) in [5.74, 6) is 0. The van der Waals surface area contributed by atoms with Crippen LogP contribution in [0.25, 0.3) is 0 Å². The number of rotatable bonds is 2. The molecule has 2 nitrogen and oxygen atoms in total. The van der Waals surface area contributed by atoms with Crippen molar-refractivity contribution < 1.29 is 4.74 Å². The summed E-state index contributed by atoms with van der Waals surface area (Å²) in [7, 11) is 0. The van der Waals surface area contributed by atoms with Gasteiger partial charge in [0.1, 0.15) is 0 Å². The van der Waals surface area contributed by atoms with Crippen LogP contribution in [0.1, 0.15) is 11.1 Å². The fourth-order valence-electron chi connectivity index (χ4n) is 1.82. The van der Waals surface area contributed by atoms with Gasteiger partial charge in [0, 0.05) is 24.1 Å². The first-order valence-corrected chi connectivity index (χ1v) is 6.10. The molecule has 0 saturated carbocycles. The largest absolute Gasteiger partial charge is 0.379 e. The fourth-order valence-corrected chi connectivity index (χ4v) is 2.20. The maximum absolute atomic E-state index is 5.34. The summed E-state index contributed by atoms with van der Waals surface area (Å²) in [6.45, 7) is 6.97. The second-order valence-corrected chi connectivity index (χ2v) is 4.84. The van der Waals surface area contributed by atoms with Crippen molar-refractivity contribution in [1.29, 1.82) is 0 Å². The summed E-state index contributed by atoms with van der Waals surface area (Å²) in [5.41, 5.74) is 2.69. The van der Waals surface area contributed by atoms with Gasteiger partial charge < -0.3 is 4.74 Å². The molecule has 0 amide bonds. The molecule has 0 spiro atoms. The molecule has 1 fully saturated rings. The Kier molecular flexibility index (Phi) is 3.78. The molecule has 82 valence electrons. The highest BCUT2D eigenvalue weighted by atomic mass is 79.9. The quantitative estimate of drug-likeness (QED) is 0.819. The zero-order valence-corrected chi connectivity index (χ0v) is 10.6. The van der Waals surface area contributed by atoms with E-state index in [1.54, 1.807) is 0 Å². The van der Waals surface area contributed by atoms with E-state index < -0.39 is 0 Å². The molecule has 0 atom stereocenters. The molecule has 0 radical (unpaired) electrons. The number of aryl methyl sites for hydroxylation is 1. The maximum atomic E-state index is 5.34. The summed E-state index contributed by atoms with van der Waals surface area (Å²) in [6, 6.07) is 6.51. The number of hydrogen-bond acceptors (Lipinski definition) is 2. The molecule has 0 aromatic heterocycles. The van der Waals surface area contributed by atoms with Gasteiger partial charge in [-0.25, -0.2) is 0 Å². The van der Waals surface area contributed by atoms with Gasteiger partial charge in [-0.3, -0.25) is 4.90 Å². The standard InChI is InChI=1S/C12H16BrNO/c1-10-2-3-12(13)11(8-10)9-14-4-6-15-7-5-14/h2-3,8H,4-7,9H2,1H3. The van der Waals surface area contributed by atoms with Crippen molar-refractivity contribution in [3.8, 4) is 0 Å². The molecular formula is C12H16BrNO. The van der Waals surface area contributed by atoms with Crippen molar-refractivity contribution in [3.05, 3.63) is 33.8 Å². The van der Waals surface area contributed by atoms with Crippen LogP contribution in [0.15, 0.2) is 22.7 Å². The van der Waals surface area contributed by atoms with Crippen LogP contribution in [-0.4, -0.2) is 31.2 Å². The van der Waals surface area contributed by atoms with Gasteiger partial charge in [0.2, 0.25) is 0 Å². The number of morpholine rings is 1. The topological polar surface area (TPSA) is 12.5 Å². The molecule has 1 aromatic carbocycles. The normalized spacial score (nSPS) is 18.0. The van der Waals surface area contributed by atoms with E-state index >= 15 is 0 Å². The Morgan fingerprint density at radius 3 is 2.80 bits per heavy atom. The lowest BCUT2D eigenvalue weighted by Gasteiger charge is -2.27. The first-order chi connectivity index (χ1) is 7.25. The zero-order valence-electron chi connectivity index (χ0n) is 9.00. The molecule has 0 N–H and O–H groups in total. The van der Waals surface area contributed by atoms with E-state index in [4.69, 9.17) is 4.74 Å². The summed E-state index contributed by atoms with van der Waals surface area (Å²) >= 11 is 3.60. The predicted molar refractivity (Wildman–Crippen MR) is 65.0 cm³/mol. The highest BCUT2D eigenvalue weighted by molar-refractivity contribution is 9.10. The van der Waals surface area contributed by atoms with Gasteiger partial charge in [0.05, 0.1) is 13.2 Å². The van der Waals surface area contributed by atoms with Gasteiger partial charge in [-0.05, 0) is 18.6 Å². The Morgan fingerprint density at radius 1 is 1.33 bits per heavy atom. The molecule has 1 aliphatic rings. The third-order valence-electron chi connectivity index (χ3n) is 2.70. The van der Waals surface area contributed by atoms with E-state index in [0.29, 0.717) is 0 Å². The monoisotopic (exact) mass is 269 g/mol. The molecule has 1 aromatic rings. The number of ether oxygens (including phenoxy) is 1. The van der Waals surface area contributed by atoms with Crippen LogP contribution < -0.4 is 0 Å². The average Bonchev–Trinajstić information content (AvgIpc) is 2.25.